The number of Topliss-reactive ketones (excluding diaryl/α,β-unsaturated/α-hetero) is 1. The largest absolute Gasteiger partial charge is 0.373 e. The van der Waals surface area contributed by atoms with Gasteiger partial charge in [0.2, 0.25) is 0 Å². The summed E-state index contributed by atoms with van der Waals surface area (Å²) in [5.74, 6) is 0.928. The average molecular weight is 360 g/mol. The van der Waals surface area contributed by atoms with Crippen LogP contribution in [0.5, 0.6) is 0 Å². The summed E-state index contributed by atoms with van der Waals surface area (Å²) in [4.78, 5) is 12.6. The Morgan fingerprint density at radius 3 is 1.59 bits per heavy atom. The molecule has 6 atom stereocenters. The van der Waals surface area contributed by atoms with Crippen LogP contribution in [0.4, 0.5) is 0 Å². The third kappa shape index (κ3) is 3.05. The molecule has 3 aliphatic rings. The molecule has 3 aliphatic carbocycles. The van der Waals surface area contributed by atoms with Gasteiger partial charge < -0.3 is 9.47 Å². The molecule has 0 amide bonds. The molecule has 0 aliphatic heterocycles. The lowest BCUT2D eigenvalue weighted by Crippen LogP contribution is -2.28. The van der Waals surface area contributed by atoms with Crippen LogP contribution in [0.1, 0.15) is 17.5 Å². The quantitative estimate of drug-likeness (QED) is 0.725. The van der Waals surface area contributed by atoms with E-state index >= 15 is 0 Å². The third-order valence-electron chi connectivity index (χ3n) is 6.39. The van der Waals surface area contributed by atoms with E-state index in [-0.39, 0.29) is 35.9 Å². The van der Waals surface area contributed by atoms with Crippen molar-refractivity contribution >= 4 is 5.78 Å². The van der Waals surface area contributed by atoms with E-state index in [0.29, 0.717) is 19.0 Å². The molecule has 0 N–H and O–H groups in total. The highest BCUT2D eigenvalue weighted by Gasteiger charge is 2.61. The standard InChI is InChI=1S/C24H24O3/c25-24-18-11-12-19(24)23-21(27-15-17-9-5-2-6-10-17)13-20(22(18)23)26-14-16-7-3-1-4-8-16/h1-12,18-23H,13-15H2/t18-,19+,20-,21+,22-,23+. The van der Waals surface area contributed by atoms with Crippen LogP contribution in [0, 0.1) is 23.7 Å². The maximum absolute atomic E-state index is 12.6. The van der Waals surface area contributed by atoms with Crippen LogP contribution in [-0.2, 0) is 27.5 Å². The predicted molar refractivity (Wildman–Crippen MR) is 103 cm³/mol. The number of allylic oxidation sites excluding steroid dienone is 2. The Labute approximate surface area is 160 Å². The molecule has 0 aromatic heterocycles. The van der Waals surface area contributed by atoms with Crippen LogP contribution in [0.15, 0.2) is 72.8 Å². The number of carbonyl (C=O) groups is 1. The van der Waals surface area contributed by atoms with Crippen LogP contribution in [-0.4, -0.2) is 18.0 Å². The van der Waals surface area contributed by atoms with Gasteiger partial charge in [-0.25, -0.2) is 0 Å². The number of hydrogen-bond donors (Lipinski definition) is 0. The van der Waals surface area contributed by atoms with Crippen LogP contribution >= 0.6 is 0 Å². The molecule has 2 fully saturated rings. The van der Waals surface area contributed by atoms with Gasteiger partial charge in [-0.2, -0.15) is 0 Å². The summed E-state index contributed by atoms with van der Waals surface area (Å²) in [6.07, 6.45) is 5.25. The van der Waals surface area contributed by atoms with Crippen molar-refractivity contribution in [3.05, 3.63) is 83.9 Å². The first-order valence-corrected chi connectivity index (χ1v) is 9.84. The molecular weight excluding hydrogens is 336 g/mol. The van der Waals surface area contributed by atoms with Crippen LogP contribution in [0.3, 0.4) is 0 Å². The minimum absolute atomic E-state index is 0.0195. The molecule has 3 nitrogen and oxygen atoms in total. The van der Waals surface area contributed by atoms with Crippen molar-refractivity contribution < 1.29 is 14.3 Å². The van der Waals surface area contributed by atoms with E-state index in [9.17, 15) is 4.79 Å². The predicted octanol–water partition coefficient (Wildman–Crippen LogP) is 4.18. The molecular formula is C24H24O3. The Morgan fingerprint density at radius 1 is 0.704 bits per heavy atom. The fourth-order valence-electron chi connectivity index (χ4n) is 5.18. The Balaban J connectivity index is 1.31. The summed E-state index contributed by atoms with van der Waals surface area (Å²) in [5.41, 5.74) is 2.35. The Kier molecular flexibility index (Phi) is 4.42. The van der Waals surface area contributed by atoms with Crippen LogP contribution < -0.4 is 0 Å². The second-order valence-electron chi connectivity index (χ2n) is 7.90. The summed E-state index contributed by atoms with van der Waals surface area (Å²) < 4.78 is 12.6. The highest BCUT2D eigenvalue weighted by Crippen LogP contribution is 2.55. The van der Waals surface area contributed by atoms with E-state index in [1.807, 2.05) is 36.4 Å². The van der Waals surface area contributed by atoms with Crippen molar-refractivity contribution in [3.63, 3.8) is 0 Å². The number of rotatable bonds is 6. The molecule has 27 heavy (non-hydrogen) atoms. The van der Waals surface area contributed by atoms with Gasteiger partial charge >= 0.3 is 0 Å². The van der Waals surface area contributed by atoms with Gasteiger partial charge in [0.1, 0.15) is 5.78 Å². The number of fused-ring (bicyclic) bond motifs is 5. The fourth-order valence-corrected chi connectivity index (χ4v) is 5.18. The van der Waals surface area contributed by atoms with E-state index in [1.54, 1.807) is 0 Å². The molecule has 0 spiro atoms. The second kappa shape index (κ2) is 7.06. The molecule has 3 heteroatoms. The van der Waals surface area contributed by atoms with Gasteiger partial charge in [0, 0.05) is 30.1 Å². The Hall–Kier alpha value is -2.23. The normalized spacial score (nSPS) is 33.6. The van der Waals surface area contributed by atoms with Crippen molar-refractivity contribution in [2.75, 3.05) is 0 Å². The number of benzene rings is 2. The molecule has 2 saturated carbocycles. The van der Waals surface area contributed by atoms with Gasteiger partial charge in [-0.1, -0.05) is 72.8 Å². The maximum Gasteiger partial charge on any atom is 0.147 e. The first-order chi connectivity index (χ1) is 13.3. The first kappa shape index (κ1) is 16.9. The van der Waals surface area contributed by atoms with Crippen molar-refractivity contribution in [2.45, 2.75) is 31.8 Å². The number of ketones is 1. The smallest absolute Gasteiger partial charge is 0.147 e. The van der Waals surface area contributed by atoms with Crippen LogP contribution in [0.2, 0.25) is 0 Å². The van der Waals surface area contributed by atoms with Gasteiger partial charge in [0.25, 0.3) is 0 Å². The fraction of sp³-hybridized carbons (Fsp3) is 0.375. The third-order valence-corrected chi connectivity index (χ3v) is 6.39. The summed E-state index contributed by atoms with van der Waals surface area (Å²) in [7, 11) is 0. The topological polar surface area (TPSA) is 35.5 Å². The average Bonchev–Trinajstić information content (AvgIpc) is 3.35. The van der Waals surface area contributed by atoms with Crippen molar-refractivity contribution in [1.82, 2.24) is 0 Å². The van der Waals surface area contributed by atoms with Crippen molar-refractivity contribution in [1.29, 1.82) is 0 Å². The highest BCUT2D eigenvalue weighted by molar-refractivity contribution is 5.92. The second-order valence-corrected chi connectivity index (χ2v) is 7.90. The van der Waals surface area contributed by atoms with Gasteiger partial charge in [-0.05, 0) is 11.1 Å². The molecule has 0 heterocycles. The van der Waals surface area contributed by atoms with Gasteiger partial charge in [-0.15, -0.1) is 0 Å². The lowest BCUT2D eigenvalue weighted by molar-refractivity contribution is -0.123. The summed E-state index contributed by atoms with van der Waals surface area (Å²) in [5, 5.41) is 0. The minimum atomic E-state index is 0.0195. The molecule has 138 valence electrons. The first-order valence-electron chi connectivity index (χ1n) is 9.84. The molecule has 0 radical (unpaired) electrons. The Bertz CT molecular complexity index is 762. The summed E-state index contributed by atoms with van der Waals surface area (Å²) in [6.45, 7) is 1.19. The van der Waals surface area contributed by atoms with Crippen molar-refractivity contribution in [2.24, 2.45) is 23.7 Å². The molecule has 5 rings (SSSR count). The minimum Gasteiger partial charge on any atom is -0.373 e. The van der Waals surface area contributed by atoms with Crippen LogP contribution in [0.25, 0.3) is 0 Å². The molecule has 2 bridgehead atoms. The lowest BCUT2D eigenvalue weighted by atomic mass is 9.84. The molecule has 2 aromatic carbocycles. The zero-order valence-electron chi connectivity index (χ0n) is 15.2. The van der Waals surface area contributed by atoms with E-state index in [1.165, 1.54) is 11.1 Å². The van der Waals surface area contributed by atoms with Gasteiger partial charge in [0.15, 0.2) is 0 Å². The number of carbonyl (C=O) groups excluding carboxylic acids is 1. The SMILES string of the molecule is O=C1[C@H]2C=C[C@@H]1[C@H]1[C@@H]2[C@@H](OCc2ccccc2)C[C@H]1OCc1ccccc1. The lowest BCUT2D eigenvalue weighted by Gasteiger charge is -2.26. The highest BCUT2D eigenvalue weighted by atomic mass is 16.5. The molecule has 2 aromatic rings. The zero-order valence-corrected chi connectivity index (χ0v) is 15.2. The number of hydrogen-bond acceptors (Lipinski definition) is 3. The van der Waals surface area contributed by atoms with E-state index in [2.05, 4.69) is 36.4 Å². The van der Waals surface area contributed by atoms with E-state index in [4.69, 9.17) is 9.47 Å². The maximum atomic E-state index is 12.6. The van der Waals surface area contributed by atoms with Gasteiger partial charge in [0.05, 0.1) is 25.4 Å². The van der Waals surface area contributed by atoms with E-state index in [0.717, 1.165) is 6.42 Å². The van der Waals surface area contributed by atoms with Gasteiger partial charge in [-0.3, -0.25) is 4.79 Å². The number of ether oxygens (including phenoxy) is 2. The zero-order chi connectivity index (χ0) is 18.2. The summed E-state index contributed by atoms with van der Waals surface area (Å²) in [6, 6.07) is 20.5. The van der Waals surface area contributed by atoms with Crippen molar-refractivity contribution in [3.8, 4) is 0 Å². The monoisotopic (exact) mass is 360 g/mol. The summed E-state index contributed by atoms with van der Waals surface area (Å²) >= 11 is 0. The molecule has 0 unspecified atom stereocenters. The Morgan fingerprint density at radius 2 is 1.15 bits per heavy atom. The molecule has 0 saturated heterocycles. The van der Waals surface area contributed by atoms with E-state index < -0.39 is 0 Å².